The van der Waals surface area contributed by atoms with Gasteiger partial charge < -0.3 is 9.47 Å². The van der Waals surface area contributed by atoms with Gasteiger partial charge in [-0.15, -0.1) is 0 Å². The Labute approximate surface area is 155 Å². The van der Waals surface area contributed by atoms with Gasteiger partial charge >= 0.3 is 0 Å². The molecular formula is C21H27NO4. The summed E-state index contributed by atoms with van der Waals surface area (Å²) in [6, 6.07) is 8.14. The van der Waals surface area contributed by atoms with Crippen molar-refractivity contribution in [2.75, 3.05) is 20.3 Å². The topological polar surface area (TPSA) is 55.8 Å². The molecule has 0 bridgehead atoms. The molecule has 2 amide bonds. The zero-order chi connectivity index (χ0) is 18.7. The molecule has 5 nitrogen and oxygen atoms in total. The number of carbonyl (C=O) groups is 2. The Morgan fingerprint density at radius 1 is 1.19 bits per heavy atom. The Morgan fingerprint density at radius 2 is 1.85 bits per heavy atom. The van der Waals surface area contributed by atoms with Crippen LogP contribution in [0.2, 0.25) is 0 Å². The zero-order valence-corrected chi connectivity index (χ0v) is 15.7. The predicted molar refractivity (Wildman–Crippen MR) is 99.0 cm³/mol. The third-order valence-corrected chi connectivity index (χ3v) is 5.41. The number of nitrogens with zero attached hydrogens (tertiary/aromatic N) is 1. The first-order valence-corrected chi connectivity index (χ1v) is 9.21. The Morgan fingerprint density at radius 3 is 2.42 bits per heavy atom. The predicted octanol–water partition coefficient (Wildman–Crippen LogP) is 3.30. The minimum absolute atomic E-state index is 0.144. The quantitative estimate of drug-likeness (QED) is 0.733. The molecule has 0 aliphatic carbocycles. The Balaban J connectivity index is 1.78. The molecule has 3 rings (SSSR count). The van der Waals surface area contributed by atoms with E-state index in [0.717, 1.165) is 31.6 Å². The van der Waals surface area contributed by atoms with Gasteiger partial charge in [0.15, 0.2) is 0 Å². The van der Waals surface area contributed by atoms with Gasteiger partial charge in [0.1, 0.15) is 5.75 Å². The summed E-state index contributed by atoms with van der Waals surface area (Å²) in [5, 5.41) is 0. The summed E-state index contributed by atoms with van der Waals surface area (Å²) in [4.78, 5) is 25.1. The van der Waals surface area contributed by atoms with Crippen LogP contribution in [0.5, 0.6) is 5.75 Å². The van der Waals surface area contributed by atoms with Gasteiger partial charge in [0, 0.05) is 25.3 Å². The lowest BCUT2D eigenvalue weighted by Gasteiger charge is -2.40. The first-order valence-electron chi connectivity index (χ1n) is 9.21. The van der Waals surface area contributed by atoms with Crippen LogP contribution in [0.3, 0.4) is 0 Å². The fourth-order valence-corrected chi connectivity index (χ4v) is 4.07. The van der Waals surface area contributed by atoms with Crippen LogP contribution in [0, 0.1) is 5.92 Å². The highest BCUT2D eigenvalue weighted by atomic mass is 16.5. The largest absolute Gasteiger partial charge is 0.497 e. The summed E-state index contributed by atoms with van der Waals surface area (Å²) < 4.78 is 11.2. The SMILES string of the molecule is COc1ccc(C(CCN2C(=O)C=CC2=O)C2CCOC(C)(C)C2)cc1. The lowest BCUT2D eigenvalue weighted by atomic mass is 9.75. The third kappa shape index (κ3) is 4.15. The van der Waals surface area contributed by atoms with E-state index in [2.05, 4.69) is 26.0 Å². The molecule has 1 fully saturated rings. The third-order valence-electron chi connectivity index (χ3n) is 5.41. The van der Waals surface area contributed by atoms with Crippen molar-refractivity contribution in [3.05, 3.63) is 42.0 Å². The minimum atomic E-state index is -0.212. The van der Waals surface area contributed by atoms with Crippen LogP contribution in [0.1, 0.15) is 44.6 Å². The second-order valence-electron chi connectivity index (χ2n) is 7.69. The van der Waals surface area contributed by atoms with E-state index in [0.29, 0.717) is 12.5 Å². The first kappa shape index (κ1) is 18.6. The summed E-state index contributed by atoms with van der Waals surface area (Å²) in [5.41, 5.74) is 1.08. The van der Waals surface area contributed by atoms with Crippen molar-refractivity contribution < 1.29 is 19.1 Å². The average Bonchev–Trinajstić information content (AvgIpc) is 2.93. The first-order chi connectivity index (χ1) is 12.4. The molecule has 1 aromatic rings. The second kappa shape index (κ2) is 7.62. The summed E-state index contributed by atoms with van der Waals surface area (Å²) >= 11 is 0. The number of rotatable bonds is 6. The van der Waals surface area contributed by atoms with Crippen molar-refractivity contribution in [1.29, 1.82) is 0 Å². The van der Waals surface area contributed by atoms with Gasteiger partial charge in [-0.1, -0.05) is 12.1 Å². The highest BCUT2D eigenvalue weighted by Crippen LogP contribution is 2.40. The molecule has 2 heterocycles. The van der Waals surface area contributed by atoms with Crippen LogP contribution < -0.4 is 4.74 Å². The number of imide groups is 1. The van der Waals surface area contributed by atoms with Gasteiger partial charge in [-0.05, 0) is 62.6 Å². The van der Waals surface area contributed by atoms with Crippen LogP contribution in [0.15, 0.2) is 36.4 Å². The second-order valence-corrected chi connectivity index (χ2v) is 7.69. The minimum Gasteiger partial charge on any atom is -0.497 e. The van der Waals surface area contributed by atoms with Crippen molar-refractivity contribution in [3.8, 4) is 5.75 Å². The van der Waals surface area contributed by atoms with Crippen molar-refractivity contribution in [1.82, 2.24) is 4.90 Å². The van der Waals surface area contributed by atoms with E-state index in [9.17, 15) is 9.59 Å². The molecule has 1 aromatic carbocycles. The van der Waals surface area contributed by atoms with Crippen LogP contribution in [0.4, 0.5) is 0 Å². The molecule has 0 spiro atoms. The summed E-state index contributed by atoms with van der Waals surface area (Å²) in [6.45, 7) is 5.44. The molecular weight excluding hydrogens is 330 g/mol. The molecule has 0 saturated carbocycles. The Kier molecular flexibility index (Phi) is 5.47. The van der Waals surface area contributed by atoms with Crippen molar-refractivity contribution in [2.24, 2.45) is 5.92 Å². The number of amides is 2. The molecule has 0 N–H and O–H groups in total. The maximum Gasteiger partial charge on any atom is 0.253 e. The van der Waals surface area contributed by atoms with Crippen LogP contribution in [-0.2, 0) is 14.3 Å². The lowest BCUT2D eigenvalue weighted by Crippen LogP contribution is -2.38. The zero-order valence-electron chi connectivity index (χ0n) is 15.7. The van der Waals surface area contributed by atoms with Gasteiger partial charge in [-0.2, -0.15) is 0 Å². The van der Waals surface area contributed by atoms with Gasteiger partial charge in [-0.25, -0.2) is 0 Å². The number of benzene rings is 1. The summed E-state index contributed by atoms with van der Waals surface area (Å²) in [7, 11) is 1.66. The maximum absolute atomic E-state index is 11.9. The molecule has 140 valence electrons. The van der Waals surface area contributed by atoms with Crippen molar-refractivity contribution >= 4 is 11.8 Å². The van der Waals surface area contributed by atoms with Gasteiger partial charge in [0.05, 0.1) is 12.7 Å². The van der Waals surface area contributed by atoms with E-state index in [1.807, 2.05) is 12.1 Å². The van der Waals surface area contributed by atoms with E-state index < -0.39 is 0 Å². The molecule has 2 unspecified atom stereocenters. The molecule has 26 heavy (non-hydrogen) atoms. The summed E-state index contributed by atoms with van der Waals surface area (Å²) in [5.74, 6) is 1.12. The number of ether oxygens (including phenoxy) is 2. The fraction of sp³-hybridized carbons (Fsp3) is 0.524. The van der Waals surface area contributed by atoms with Gasteiger partial charge in [-0.3, -0.25) is 14.5 Å². The number of hydrogen-bond donors (Lipinski definition) is 0. The van der Waals surface area contributed by atoms with Crippen LogP contribution in [-0.4, -0.2) is 42.6 Å². The molecule has 2 atom stereocenters. The highest BCUT2D eigenvalue weighted by molar-refractivity contribution is 6.12. The molecule has 5 heteroatoms. The number of carbonyl (C=O) groups excluding carboxylic acids is 2. The molecule has 2 aliphatic heterocycles. The van der Waals surface area contributed by atoms with E-state index in [4.69, 9.17) is 9.47 Å². The average molecular weight is 357 g/mol. The van der Waals surface area contributed by atoms with Crippen molar-refractivity contribution in [2.45, 2.75) is 44.6 Å². The monoisotopic (exact) mass is 357 g/mol. The van der Waals surface area contributed by atoms with Crippen molar-refractivity contribution in [3.63, 3.8) is 0 Å². The van der Waals surface area contributed by atoms with Gasteiger partial charge in [0.2, 0.25) is 0 Å². The Hall–Kier alpha value is -2.14. The standard InChI is InChI=1S/C21H27NO4/c1-21(2)14-16(11-13-26-21)18(15-4-6-17(25-3)7-5-15)10-12-22-19(23)8-9-20(22)24/h4-9,16,18H,10-14H2,1-3H3. The molecule has 0 radical (unpaired) electrons. The van der Waals surface area contributed by atoms with Crippen LogP contribution in [0.25, 0.3) is 0 Å². The fourth-order valence-electron chi connectivity index (χ4n) is 4.07. The maximum atomic E-state index is 11.9. The van der Waals surface area contributed by atoms with Gasteiger partial charge in [0.25, 0.3) is 11.8 Å². The summed E-state index contributed by atoms with van der Waals surface area (Å²) in [6.07, 6.45) is 5.40. The normalized spacial score (nSPS) is 23.3. The molecule has 2 aliphatic rings. The molecule has 0 aromatic heterocycles. The van der Waals surface area contributed by atoms with E-state index in [1.54, 1.807) is 7.11 Å². The molecule has 1 saturated heterocycles. The van der Waals surface area contributed by atoms with E-state index >= 15 is 0 Å². The lowest BCUT2D eigenvalue weighted by molar-refractivity contribution is -0.137. The van der Waals surface area contributed by atoms with Crippen LogP contribution >= 0.6 is 0 Å². The smallest absolute Gasteiger partial charge is 0.253 e. The highest BCUT2D eigenvalue weighted by Gasteiger charge is 2.35. The Bertz CT molecular complexity index is 674. The number of methoxy groups -OCH3 is 1. The van der Waals surface area contributed by atoms with E-state index in [-0.39, 0.29) is 23.3 Å². The van der Waals surface area contributed by atoms with E-state index in [1.165, 1.54) is 22.6 Å². The number of hydrogen-bond acceptors (Lipinski definition) is 4.